The highest BCUT2D eigenvalue weighted by molar-refractivity contribution is 9.10. The molecule has 1 heterocycles. The Hall–Kier alpha value is -0.950. The first-order chi connectivity index (χ1) is 6.18. The fourth-order valence-electron chi connectivity index (χ4n) is 1.29. The van der Waals surface area contributed by atoms with E-state index in [4.69, 9.17) is 5.26 Å². The van der Waals surface area contributed by atoms with Crippen LogP contribution in [0.25, 0.3) is 0 Å². The summed E-state index contributed by atoms with van der Waals surface area (Å²) < 4.78 is 13.3. The molecular formula is C9H6BrFN2. The van der Waals surface area contributed by atoms with E-state index in [1.54, 1.807) is 0 Å². The van der Waals surface area contributed by atoms with Gasteiger partial charge in [0.25, 0.3) is 0 Å². The third-order valence-corrected chi connectivity index (χ3v) is 2.83. The average Bonchev–Trinajstić information content (AvgIpc) is 2.85. The highest BCUT2D eigenvalue weighted by Gasteiger charge is 2.47. The van der Waals surface area contributed by atoms with Gasteiger partial charge in [0, 0.05) is 4.47 Å². The van der Waals surface area contributed by atoms with Gasteiger partial charge < -0.3 is 0 Å². The molecule has 0 atom stereocenters. The van der Waals surface area contributed by atoms with Gasteiger partial charge in [-0.2, -0.15) is 5.26 Å². The minimum atomic E-state index is -0.452. The van der Waals surface area contributed by atoms with Crippen molar-refractivity contribution in [2.75, 3.05) is 0 Å². The quantitative estimate of drug-likeness (QED) is 0.757. The van der Waals surface area contributed by atoms with E-state index in [1.807, 2.05) is 0 Å². The van der Waals surface area contributed by atoms with Crippen LogP contribution in [0.3, 0.4) is 0 Å². The summed E-state index contributed by atoms with van der Waals surface area (Å²) >= 11 is 3.21. The molecule has 0 spiro atoms. The molecule has 1 aliphatic rings. The van der Waals surface area contributed by atoms with Crippen molar-refractivity contribution in [3.63, 3.8) is 0 Å². The second-order valence-electron chi connectivity index (χ2n) is 3.18. The molecule has 1 saturated carbocycles. The van der Waals surface area contributed by atoms with E-state index in [-0.39, 0.29) is 5.82 Å². The lowest BCUT2D eigenvalue weighted by Gasteiger charge is -2.06. The van der Waals surface area contributed by atoms with Gasteiger partial charge in [-0.25, -0.2) is 4.39 Å². The summed E-state index contributed by atoms with van der Waals surface area (Å²) in [6.07, 6.45) is 2.79. The zero-order valence-electron chi connectivity index (χ0n) is 6.72. The number of hydrogen-bond donors (Lipinski definition) is 0. The molecule has 4 heteroatoms. The highest BCUT2D eigenvalue weighted by atomic mass is 79.9. The number of halogens is 2. The maximum absolute atomic E-state index is 12.7. The smallest absolute Gasteiger partial charge is 0.142 e. The minimum Gasteiger partial charge on any atom is -0.255 e. The third-order valence-electron chi connectivity index (χ3n) is 2.23. The molecule has 13 heavy (non-hydrogen) atoms. The molecule has 0 radical (unpaired) electrons. The van der Waals surface area contributed by atoms with Crippen LogP contribution < -0.4 is 0 Å². The van der Waals surface area contributed by atoms with E-state index in [0.29, 0.717) is 10.2 Å². The number of nitrogens with zero attached hydrogens (tertiary/aromatic N) is 2. The maximum Gasteiger partial charge on any atom is 0.142 e. The van der Waals surface area contributed by atoms with Crippen molar-refractivity contribution in [3.05, 3.63) is 28.2 Å². The van der Waals surface area contributed by atoms with E-state index in [1.165, 1.54) is 6.07 Å². The van der Waals surface area contributed by atoms with E-state index in [0.717, 1.165) is 19.0 Å². The van der Waals surface area contributed by atoms with Crippen LogP contribution in [0, 0.1) is 17.1 Å². The van der Waals surface area contributed by atoms with Crippen LogP contribution in [0.5, 0.6) is 0 Å². The van der Waals surface area contributed by atoms with Crippen LogP contribution in [0.15, 0.2) is 16.7 Å². The standard InChI is InChI=1S/C9H6BrFN2/c10-7-3-6(11)4-13-8(7)9(5-12)1-2-9/h3-4H,1-2H2. The third kappa shape index (κ3) is 1.33. The molecule has 66 valence electrons. The van der Waals surface area contributed by atoms with Gasteiger partial charge in [-0.15, -0.1) is 0 Å². The van der Waals surface area contributed by atoms with Crippen LogP contribution >= 0.6 is 15.9 Å². The first kappa shape index (κ1) is 8.64. The lowest BCUT2D eigenvalue weighted by atomic mass is 10.0. The van der Waals surface area contributed by atoms with Crippen molar-refractivity contribution >= 4 is 15.9 Å². The fraction of sp³-hybridized carbons (Fsp3) is 0.333. The Kier molecular flexibility index (Phi) is 1.85. The highest BCUT2D eigenvalue weighted by Crippen LogP contribution is 2.48. The van der Waals surface area contributed by atoms with Crippen molar-refractivity contribution in [3.8, 4) is 6.07 Å². The Balaban J connectivity index is 2.48. The first-order valence-electron chi connectivity index (χ1n) is 3.91. The predicted molar refractivity (Wildman–Crippen MR) is 48.4 cm³/mol. The number of rotatable bonds is 1. The van der Waals surface area contributed by atoms with Crippen molar-refractivity contribution in [2.45, 2.75) is 18.3 Å². The molecule has 1 aromatic rings. The largest absolute Gasteiger partial charge is 0.255 e. The Bertz CT molecular complexity index is 393. The Labute approximate surface area is 83.5 Å². The van der Waals surface area contributed by atoms with Crippen molar-refractivity contribution in [1.82, 2.24) is 4.98 Å². The van der Waals surface area contributed by atoms with Gasteiger partial charge in [0.15, 0.2) is 0 Å². The molecule has 0 saturated heterocycles. The summed E-state index contributed by atoms with van der Waals surface area (Å²) in [6.45, 7) is 0. The predicted octanol–water partition coefficient (Wildman–Crippen LogP) is 2.54. The molecule has 0 bridgehead atoms. The van der Waals surface area contributed by atoms with Gasteiger partial charge in [0.1, 0.15) is 11.2 Å². The molecular weight excluding hydrogens is 235 g/mol. The second kappa shape index (κ2) is 2.78. The lowest BCUT2D eigenvalue weighted by molar-refractivity contribution is 0.615. The van der Waals surface area contributed by atoms with Gasteiger partial charge in [0.2, 0.25) is 0 Å². The number of aromatic nitrogens is 1. The van der Waals surface area contributed by atoms with Gasteiger partial charge in [-0.1, -0.05) is 0 Å². The monoisotopic (exact) mass is 240 g/mol. The van der Waals surface area contributed by atoms with E-state index in [9.17, 15) is 4.39 Å². The molecule has 0 N–H and O–H groups in total. The van der Waals surface area contributed by atoms with Crippen LogP contribution in [-0.4, -0.2) is 4.98 Å². The van der Waals surface area contributed by atoms with Gasteiger partial charge in [-0.05, 0) is 34.8 Å². The summed E-state index contributed by atoms with van der Waals surface area (Å²) in [4.78, 5) is 3.94. The summed E-state index contributed by atoms with van der Waals surface area (Å²) in [5, 5.41) is 8.90. The van der Waals surface area contributed by atoms with Crippen LogP contribution in [0.2, 0.25) is 0 Å². The number of hydrogen-bond acceptors (Lipinski definition) is 2. The first-order valence-corrected chi connectivity index (χ1v) is 4.70. The molecule has 1 fully saturated rings. The zero-order valence-corrected chi connectivity index (χ0v) is 8.31. The molecule has 0 unspecified atom stereocenters. The molecule has 2 rings (SSSR count). The summed E-state index contributed by atoms with van der Waals surface area (Å²) in [6, 6.07) is 3.56. The fourth-order valence-corrected chi connectivity index (χ4v) is 1.99. The van der Waals surface area contributed by atoms with Gasteiger partial charge in [-0.3, -0.25) is 4.98 Å². The van der Waals surface area contributed by atoms with Crippen LogP contribution in [0.4, 0.5) is 4.39 Å². The topological polar surface area (TPSA) is 36.7 Å². The second-order valence-corrected chi connectivity index (χ2v) is 4.03. The lowest BCUT2D eigenvalue weighted by Crippen LogP contribution is -2.06. The number of pyridine rings is 1. The summed E-state index contributed by atoms with van der Waals surface area (Å²) in [5.41, 5.74) is 0.211. The minimum absolute atomic E-state index is 0.385. The maximum atomic E-state index is 12.7. The zero-order chi connectivity index (χ0) is 9.47. The molecule has 0 amide bonds. The molecule has 0 aromatic carbocycles. The molecule has 1 aromatic heterocycles. The van der Waals surface area contributed by atoms with Crippen molar-refractivity contribution in [2.24, 2.45) is 0 Å². The summed E-state index contributed by atoms with van der Waals surface area (Å²) in [5.74, 6) is -0.385. The molecule has 2 nitrogen and oxygen atoms in total. The number of nitriles is 1. The van der Waals surface area contributed by atoms with Gasteiger partial charge in [0.05, 0.1) is 18.0 Å². The normalized spacial score (nSPS) is 17.9. The van der Waals surface area contributed by atoms with Crippen molar-refractivity contribution < 1.29 is 4.39 Å². The van der Waals surface area contributed by atoms with E-state index < -0.39 is 5.41 Å². The summed E-state index contributed by atoms with van der Waals surface area (Å²) in [7, 11) is 0. The Morgan fingerprint density at radius 2 is 2.31 bits per heavy atom. The van der Waals surface area contributed by atoms with Crippen molar-refractivity contribution in [1.29, 1.82) is 5.26 Å². The average molecular weight is 241 g/mol. The van der Waals surface area contributed by atoms with E-state index >= 15 is 0 Å². The molecule has 0 aliphatic heterocycles. The SMILES string of the molecule is N#CC1(c2ncc(F)cc2Br)CC1. The van der Waals surface area contributed by atoms with E-state index in [2.05, 4.69) is 27.0 Å². The molecule has 1 aliphatic carbocycles. The Morgan fingerprint density at radius 1 is 1.62 bits per heavy atom. The van der Waals surface area contributed by atoms with Gasteiger partial charge >= 0.3 is 0 Å². The Morgan fingerprint density at radius 3 is 2.77 bits per heavy atom. The van der Waals surface area contributed by atoms with Crippen LogP contribution in [0.1, 0.15) is 18.5 Å². The van der Waals surface area contributed by atoms with Crippen LogP contribution in [-0.2, 0) is 5.41 Å².